The molecule has 2 rings (SSSR count). The van der Waals surface area contributed by atoms with Gasteiger partial charge in [-0.2, -0.15) is 13.2 Å². The van der Waals surface area contributed by atoms with Crippen LogP contribution in [0.3, 0.4) is 0 Å². The minimum absolute atomic E-state index is 0.0183. The van der Waals surface area contributed by atoms with Crippen LogP contribution < -0.4 is 5.73 Å². The number of rotatable bonds is 4. The molecule has 0 radical (unpaired) electrons. The van der Waals surface area contributed by atoms with Gasteiger partial charge in [0.05, 0.1) is 17.0 Å². The second kappa shape index (κ2) is 4.97. The molecule has 1 atom stereocenters. The molecule has 98 valence electrons. The molecular formula is C12H14F3N3. The van der Waals surface area contributed by atoms with Crippen molar-refractivity contribution in [3.05, 3.63) is 30.1 Å². The maximum atomic E-state index is 12.8. The summed E-state index contributed by atoms with van der Waals surface area (Å²) in [5, 5.41) is 0. The summed E-state index contributed by atoms with van der Waals surface area (Å²) in [6.07, 6.45) is -4.48. The summed E-state index contributed by atoms with van der Waals surface area (Å²) in [5.41, 5.74) is 6.66. The highest BCUT2D eigenvalue weighted by molar-refractivity contribution is 5.74. The summed E-state index contributed by atoms with van der Waals surface area (Å²) >= 11 is 0. The lowest BCUT2D eigenvalue weighted by Gasteiger charge is -2.18. The number of nitrogens with one attached hydrogen (secondary N) is 1. The number of fused-ring (bicyclic) bond motifs is 1. The molecule has 0 unspecified atom stereocenters. The van der Waals surface area contributed by atoms with E-state index in [9.17, 15) is 13.2 Å². The van der Waals surface area contributed by atoms with Crippen molar-refractivity contribution in [2.45, 2.75) is 19.0 Å². The zero-order valence-corrected chi connectivity index (χ0v) is 9.67. The van der Waals surface area contributed by atoms with E-state index in [1.165, 1.54) is 0 Å². The van der Waals surface area contributed by atoms with Gasteiger partial charge in [0.15, 0.2) is 0 Å². The minimum atomic E-state index is -4.24. The van der Waals surface area contributed by atoms with Gasteiger partial charge in [-0.1, -0.05) is 12.1 Å². The molecule has 18 heavy (non-hydrogen) atoms. The van der Waals surface area contributed by atoms with Crippen molar-refractivity contribution in [2.75, 3.05) is 6.54 Å². The minimum Gasteiger partial charge on any atom is -0.342 e. The summed E-state index contributed by atoms with van der Waals surface area (Å²) < 4.78 is 38.3. The number of aromatic nitrogens is 2. The number of nitrogens with two attached hydrogens (primary N) is 1. The lowest BCUT2D eigenvalue weighted by molar-refractivity contribution is -0.175. The van der Waals surface area contributed by atoms with E-state index in [-0.39, 0.29) is 19.4 Å². The van der Waals surface area contributed by atoms with E-state index in [1.54, 1.807) is 18.2 Å². The quantitative estimate of drug-likeness (QED) is 0.884. The van der Waals surface area contributed by atoms with Crippen LogP contribution in [0.4, 0.5) is 13.2 Å². The van der Waals surface area contributed by atoms with Crippen LogP contribution in [-0.2, 0) is 6.42 Å². The molecule has 0 bridgehead atoms. The van der Waals surface area contributed by atoms with Crippen molar-refractivity contribution < 1.29 is 13.2 Å². The largest absolute Gasteiger partial charge is 0.392 e. The number of aromatic amines is 1. The summed E-state index contributed by atoms with van der Waals surface area (Å²) in [6.45, 7) is 0.0183. The highest BCUT2D eigenvalue weighted by Gasteiger charge is 2.39. The zero-order chi connectivity index (χ0) is 13.2. The number of alkyl halides is 3. The number of hydrogen-bond acceptors (Lipinski definition) is 2. The predicted octanol–water partition coefficient (Wildman–Crippen LogP) is 2.63. The van der Waals surface area contributed by atoms with Gasteiger partial charge in [-0.25, -0.2) is 4.98 Å². The fraction of sp³-hybridized carbons (Fsp3) is 0.417. The molecule has 3 N–H and O–H groups in total. The number of benzene rings is 1. The first kappa shape index (κ1) is 12.9. The van der Waals surface area contributed by atoms with Crippen molar-refractivity contribution in [1.82, 2.24) is 9.97 Å². The highest BCUT2D eigenvalue weighted by Crippen LogP contribution is 2.31. The first-order chi connectivity index (χ1) is 8.50. The van der Waals surface area contributed by atoms with Gasteiger partial charge in [-0.15, -0.1) is 0 Å². The molecule has 1 aromatic heterocycles. The van der Waals surface area contributed by atoms with Gasteiger partial charge in [-0.3, -0.25) is 0 Å². The number of halogens is 3. The van der Waals surface area contributed by atoms with Crippen LogP contribution in [0.15, 0.2) is 24.3 Å². The van der Waals surface area contributed by atoms with Crippen molar-refractivity contribution in [3.63, 3.8) is 0 Å². The number of para-hydroxylation sites is 2. The normalized spacial score (nSPS) is 14.0. The third-order valence-electron chi connectivity index (χ3n) is 2.86. The standard InChI is InChI=1S/C12H14F3N3/c13-12(14,15)8(5-6-16)7-11-17-9-3-1-2-4-10(9)18-11/h1-4,8H,5-7,16H2,(H,17,18)/t8-/m1/s1. The third kappa shape index (κ3) is 2.81. The molecule has 0 saturated heterocycles. The summed E-state index contributed by atoms with van der Waals surface area (Å²) in [5.74, 6) is -1.09. The van der Waals surface area contributed by atoms with Crippen LogP contribution in [0.1, 0.15) is 12.2 Å². The first-order valence-electron chi connectivity index (χ1n) is 5.71. The van der Waals surface area contributed by atoms with E-state index in [1.807, 2.05) is 6.07 Å². The fourth-order valence-electron chi connectivity index (χ4n) is 1.92. The van der Waals surface area contributed by atoms with Crippen molar-refractivity contribution in [3.8, 4) is 0 Å². The molecule has 0 saturated carbocycles. The van der Waals surface area contributed by atoms with Gasteiger partial charge < -0.3 is 10.7 Å². The van der Waals surface area contributed by atoms with Gasteiger partial charge in [0.1, 0.15) is 5.82 Å². The Balaban J connectivity index is 2.20. The Morgan fingerprint density at radius 2 is 2.00 bits per heavy atom. The molecular weight excluding hydrogens is 243 g/mol. The Bertz CT molecular complexity index is 486. The average molecular weight is 257 g/mol. The second-order valence-electron chi connectivity index (χ2n) is 4.22. The maximum absolute atomic E-state index is 12.8. The molecule has 0 aliphatic carbocycles. The molecule has 3 nitrogen and oxygen atoms in total. The Morgan fingerprint density at radius 1 is 1.28 bits per heavy atom. The van der Waals surface area contributed by atoms with Gasteiger partial charge in [-0.05, 0) is 25.1 Å². The molecule has 0 spiro atoms. The van der Waals surface area contributed by atoms with Gasteiger partial charge in [0, 0.05) is 6.42 Å². The van der Waals surface area contributed by atoms with Gasteiger partial charge >= 0.3 is 6.18 Å². The summed E-state index contributed by atoms with van der Waals surface area (Å²) in [6, 6.07) is 7.16. The summed E-state index contributed by atoms with van der Waals surface area (Å²) in [4.78, 5) is 7.06. The van der Waals surface area contributed by atoms with E-state index >= 15 is 0 Å². The molecule has 2 aromatic rings. The van der Waals surface area contributed by atoms with Crippen molar-refractivity contribution in [1.29, 1.82) is 0 Å². The molecule has 0 aliphatic rings. The van der Waals surface area contributed by atoms with Crippen LogP contribution in [-0.4, -0.2) is 22.7 Å². The molecule has 1 heterocycles. The molecule has 0 fully saturated rings. The van der Waals surface area contributed by atoms with Crippen LogP contribution in [0, 0.1) is 5.92 Å². The van der Waals surface area contributed by atoms with Crippen LogP contribution >= 0.6 is 0 Å². The molecule has 6 heteroatoms. The number of hydrogen-bond donors (Lipinski definition) is 2. The van der Waals surface area contributed by atoms with Crippen LogP contribution in [0.25, 0.3) is 11.0 Å². The van der Waals surface area contributed by atoms with Gasteiger partial charge in [0.25, 0.3) is 0 Å². The average Bonchev–Trinajstić information content (AvgIpc) is 2.69. The van der Waals surface area contributed by atoms with Gasteiger partial charge in [0.2, 0.25) is 0 Å². The first-order valence-corrected chi connectivity index (χ1v) is 5.71. The fourth-order valence-corrected chi connectivity index (χ4v) is 1.92. The Morgan fingerprint density at radius 3 is 2.61 bits per heavy atom. The lowest BCUT2D eigenvalue weighted by Crippen LogP contribution is -2.27. The third-order valence-corrected chi connectivity index (χ3v) is 2.86. The Hall–Kier alpha value is -1.56. The molecule has 0 amide bonds. The maximum Gasteiger partial charge on any atom is 0.392 e. The van der Waals surface area contributed by atoms with Crippen LogP contribution in [0.2, 0.25) is 0 Å². The molecule has 0 aliphatic heterocycles. The number of nitrogens with zero attached hydrogens (tertiary/aromatic N) is 1. The van der Waals surface area contributed by atoms with E-state index in [4.69, 9.17) is 5.73 Å². The molecule has 1 aromatic carbocycles. The smallest absolute Gasteiger partial charge is 0.342 e. The number of imidazole rings is 1. The van der Waals surface area contributed by atoms with E-state index < -0.39 is 12.1 Å². The zero-order valence-electron chi connectivity index (χ0n) is 9.67. The van der Waals surface area contributed by atoms with E-state index in [2.05, 4.69) is 9.97 Å². The number of H-pyrrole nitrogens is 1. The topological polar surface area (TPSA) is 54.7 Å². The Labute approximate surface area is 102 Å². The lowest BCUT2D eigenvalue weighted by atomic mass is 10.0. The predicted molar refractivity (Wildman–Crippen MR) is 63.0 cm³/mol. The van der Waals surface area contributed by atoms with E-state index in [0.717, 1.165) is 5.52 Å². The summed E-state index contributed by atoms with van der Waals surface area (Å²) in [7, 11) is 0. The SMILES string of the molecule is NCC[C@H](Cc1nc2ccccc2[nH]1)C(F)(F)F. The van der Waals surface area contributed by atoms with E-state index in [0.29, 0.717) is 11.3 Å². The van der Waals surface area contributed by atoms with Crippen molar-refractivity contribution >= 4 is 11.0 Å². The highest BCUT2D eigenvalue weighted by atomic mass is 19.4. The van der Waals surface area contributed by atoms with Crippen LogP contribution in [0.5, 0.6) is 0 Å². The van der Waals surface area contributed by atoms with Crippen molar-refractivity contribution in [2.24, 2.45) is 11.7 Å². The monoisotopic (exact) mass is 257 g/mol. The second-order valence-corrected chi connectivity index (χ2v) is 4.22. The Kier molecular flexibility index (Phi) is 3.56.